The Hall–Kier alpha value is -1.25. The average Bonchev–Trinajstić information content (AvgIpc) is 2.29. The molecule has 0 unspecified atom stereocenters. The third kappa shape index (κ3) is 1.22. The van der Waals surface area contributed by atoms with Crippen LogP contribution in [0.1, 0.15) is 6.42 Å². The van der Waals surface area contributed by atoms with Gasteiger partial charge in [-0.25, -0.2) is 4.98 Å². The lowest BCUT2D eigenvalue weighted by Crippen LogP contribution is -2.17. The number of rotatable bonds is 0. The quantitative estimate of drug-likeness (QED) is 0.578. The molecule has 0 saturated heterocycles. The zero-order valence-electron chi connectivity index (χ0n) is 7.16. The zero-order chi connectivity index (χ0) is 8.39. The predicted octanol–water partition coefficient (Wildman–Crippen LogP) is 1.30. The molecule has 3 heteroatoms. The Morgan fingerprint density at radius 2 is 2.50 bits per heavy atom. The van der Waals surface area contributed by atoms with Crippen molar-refractivity contribution in [2.45, 2.75) is 6.42 Å². The first-order chi connectivity index (χ1) is 5.88. The minimum Gasteiger partial charge on any atom is -0.476 e. The number of fused-ring (bicyclic) bond motifs is 1. The number of pyridine rings is 1. The van der Waals surface area contributed by atoms with Crippen molar-refractivity contribution in [2.24, 2.45) is 0 Å². The highest BCUT2D eigenvalue weighted by Crippen LogP contribution is 2.26. The van der Waals surface area contributed by atoms with E-state index in [9.17, 15) is 0 Å². The Kier molecular flexibility index (Phi) is 1.86. The fourth-order valence-corrected chi connectivity index (χ4v) is 1.38. The van der Waals surface area contributed by atoms with Gasteiger partial charge in [-0.05, 0) is 18.6 Å². The third-order valence-corrected chi connectivity index (χ3v) is 2.04. The van der Waals surface area contributed by atoms with Crippen LogP contribution in [0.4, 0.5) is 5.69 Å². The summed E-state index contributed by atoms with van der Waals surface area (Å²) in [4.78, 5) is 6.34. The maximum atomic E-state index is 5.47. The molecular weight excluding hydrogens is 152 g/mol. The summed E-state index contributed by atoms with van der Waals surface area (Å²) in [5.41, 5.74) is 1.09. The zero-order valence-corrected chi connectivity index (χ0v) is 7.16. The second kappa shape index (κ2) is 3.01. The molecule has 0 bridgehead atoms. The minimum atomic E-state index is 0.762. The van der Waals surface area contributed by atoms with Crippen LogP contribution in [0.2, 0.25) is 0 Å². The number of aromatic nitrogens is 1. The molecule has 0 aromatic carbocycles. The monoisotopic (exact) mass is 164 g/mol. The van der Waals surface area contributed by atoms with Crippen molar-refractivity contribution in [3.63, 3.8) is 0 Å². The first-order valence-electron chi connectivity index (χ1n) is 4.17. The Labute approximate surface area is 72.0 Å². The van der Waals surface area contributed by atoms with Crippen molar-refractivity contribution >= 4 is 5.69 Å². The first-order valence-corrected chi connectivity index (χ1v) is 4.17. The minimum absolute atomic E-state index is 0.762. The highest BCUT2D eigenvalue weighted by Gasteiger charge is 2.12. The van der Waals surface area contributed by atoms with Gasteiger partial charge in [0.1, 0.15) is 0 Å². The molecule has 1 aromatic heterocycles. The van der Waals surface area contributed by atoms with Gasteiger partial charge in [-0.15, -0.1) is 0 Å². The van der Waals surface area contributed by atoms with E-state index in [1.807, 2.05) is 12.1 Å². The second-order valence-electron chi connectivity index (χ2n) is 2.95. The van der Waals surface area contributed by atoms with Crippen molar-refractivity contribution in [3.05, 3.63) is 18.3 Å². The molecule has 1 aliphatic heterocycles. The first kappa shape index (κ1) is 7.40. The fraction of sp³-hybridized carbons (Fsp3) is 0.444. The summed E-state index contributed by atoms with van der Waals surface area (Å²) in [5, 5.41) is 0. The molecule has 0 aliphatic carbocycles. The Morgan fingerprint density at radius 1 is 1.58 bits per heavy atom. The maximum Gasteiger partial charge on any atom is 0.237 e. The van der Waals surface area contributed by atoms with E-state index in [0.717, 1.165) is 31.1 Å². The molecule has 0 fully saturated rings. The molecule has 64 valence electrons. The van der Waals surface area contributed by atoms with Gasteiger partial charge in [-0.1, -0.05) is 0 Å². The van der Waals surface area contributed by atoms with E-state index in [1.165, 1.54) is 0 Å². The van der Waals surface area contributed by atoms with Crippen LogP contribution >= 0.6 is 0 Å². The summed E-state index contributed by atoms with van der Waals surface area (Å²) in [6, 6.07) is 3.97. The molecule has 2 heterocycles. The highest BCUT2D eigenvalue weighted by molar-refractivity contribution is 5.54. The fourth-order valence-electron chi connectivity index (χ4n) is 1.38. The van der Waals surface area contributed by atoms with Gasteiger partial charge in [0.15, 0.2) is 0 Å². The van der Waals surface area contributed by atoms with Gasteiger partial charge in [-0.2, -0.15) is 0 Å². The molecule has 0 amide bonds. The average molecular weight is 164 g/mol. The van der Waals surface area contributed by atoms with Gasteiger partial charge in [0.05, 0.1) is 12.3 Å². The molecule has 1 aromatic rings. The lowest BCUT2D eigenvalue weighted by Gasteiger charge is -2.16. The molecular formula is C9H12N2O. The van der Waals surface area contributed by atoms with Gasteiger partial charge in [-0.3, -0.25) is 0 Å². The van der Waals surface area contributed by atoms with Gasteiger partial charge < -0.3 is 9.64 Å². The second-order valence-corrected chi connectivity index (χ2v) is 2.95. The molecule has 2 rings (SSSR count). The van der Waals surface area contributed by atoms with Crippen molar-refractivity contribution < 1.29 is 4.74 Å². The number of anilines is 1. The van der Waals surface area contributed by atoms with Crippen molar-refractivity contribution in [1.82, 2.24) is 4.98 Å². The van der Waals surface area contributed by atoms with E-state index in [1.54, 1.807) is 6.20 Å². The van der Waals surface area contributed by atoms with Gasteiger partial charge in [0, 0.05) is 19.8 Å². The van der Waals surface area contributed by atoms with Crippen molar-refractivity contribution in [3.8, 4) is 5.88 Å². The Bertz CT molecular complexity index is 275. The van der Waals surface area contributed by atoms with Gasteiger partial charge in [0.2, 0.25) is 5.88 Å². The molecule has 3 nitrogen and oxygen atoms in total. The number of nitrogens with zero attached hydrogens (tertiary/aromatic N) is 2. The number of hydrogen-bond donors (Lipinski definition) is 0. The van der Waals surface area contributed by atoms with Gasteiger partial charge >= 0.3 is 0 Å². The Morgan fingerprint density at radius 3 is 3.42 bits per heavy atom. The van der Waals surface area contributed by atoms with E-state index in [0.29, 0.717) is 0 Å². The van der Waals surface area contributed by atoms with Crippen LogP contribution in [0, 0.1) is 0 Å². The largest absolute Gasteiger partial charge is 0.476 e. The van der Waals surface area contributed by atoms with E-state index in [2.05, 4.69) is 16.9 Å². The molecule has 12 heavy (non-hydrogen) atoms. The number of ether oxygens (including phenoxy) is 1. The smallest absolute Gasteiger partial charge is 0.237 e. The lowest BCUT2D eigenvalue weighted by molar-refractivity contribution is 0.311. The third-order valence-electron chi connectivity index (χ3n) is 2.04. The topological polar surface area (TPSA) is 25.4 Å². The molecule has 0 atom stereocenters. The van der Waals surface area contributed by atoms with Crippen LogP contribution in [0.15, 0.2) is 18.3 Å². The van der Waals surface area contributed by atoms with Crippen LogP contribution in [0.5, 0.6) is 5.88 Å². The van der Waals surface area contributed by atoms with Crippen LogP contribution < -0.4 is 9.64 Å². The molecule has 0 spiro atoms. The van der Waals surface area contributed by atoms with Crippen LogP contribution in [0.3, 0.4) is 0 Å². The summed E-state index contributed by atoms with van der Waals surface area (Å²) in [7, 11) is 2.06. The molecule has 1 aliphatic rings. The summed E-state index contributed by atoms with van der Waals surface area (Å²) < 4.78 is 5.47. The van der Waals surface area contributed by atoms with E-state index in [4.69, 9.17) is 4.74 Å². The summed E-state index contributed by atoms with van der Waals surface area (Å²) >= 11 is 0. The Balaban J connectivity index is 2.39. The van der Waals surface area contributed by atoms with E-state index < -0.39 is 0 Å². The van der Waals surface area contributed by atoms with Crippen molar-refractivity contribution in [1.29, 1.82) is 0 Å². The van der Waals surface area contributed by atoms with Crippen molar-refractivity contribution in [2.75, 3.05) is 25.1 Å². The predicted molar refractivity (Wildman–Crippen MR) is 47.6 cm³/mol. The van der Waals surface area contributed by atoms with E-state index in [-0.39, 0.29) is 0 Å². The molecule has 0 N–H and O–H groups in total. The standard InChI is InChI=1S/C9H12N2O/c1-11-6-3-7-12-9-8(11)4-2-5-10-9/h2,4-5H,3,6-7H2,1H3. The molecule has 0 saturated carbocycles. The van der Waals surface area contributed by atoms with Gasteiger partial charge in [0.25, 0.3) is 0 Å². The highest BCUT2D eigenvalue weighted by atomic mass is 16.5. The van der Waals surface area contributed by atoms with Crippen LogP contribution in [0.25, 0.3) is 0 Å². The molecule has 0 radical (unpaired) electrons. The summed E-state index contributed by atoms with van der Waals surface area (Å²) in [6.07, 6.45) is 2.82. The van der Waals surface area contributed by atoms with Crippen LogP contribution in [-0.4, -0.2) is 25.2 Å². The van der Waals surface area contributed by atoms with E-state index >= 15 is 0 Å². The maximum absolute atomic E-state index is 5.47. The van der Waals surface area contributed by atoms with Crippen LogP contribution in [-0.2, 0) is 0 Å². The normalized spacial score (nSPS) is 16.2. The number of hydrogen-bond acceptors (Lipinski definition) is 3. The SMILES string of the molecule is CN1CCCOc2ncccc21. The summed E-state index contributed by atoms with van der Waals surface area (Å²) in [6.45, 7) is 1.81. The summed E-state index contributed by atoms with van der Waals surface area (Å²) in [5.74, 6) is 0.762. The lowest BCUT2D eigenvalue weighted by atomic mass is 10.3.